The van der Waals surface area contributed by atoms with Gasteiger partial charge in [-0.25, -0.2) is 12.7 Å². The molecule has 2 aliphatic heterocycles. The molecule has 192 valence electrons. The van der Waals surface area contributed by atoms with Crippen LogP contribution in [-0.4, -0.2) is 82.8 Å². The van der Waals surface area contributed by atoms with Crippen molar-refractivity contribution in [3.63, 3.8) is 0 Å². The summed E-state index contributed by atoms with van der Waals surface area (Å²) >= 11 is 6.21. The van der Waals surface area contributed by atoms with Crippen molar-refractivity contribution in [1.29, 1.82) is 0 Å². The molecule has 2 fully saturated rings. The summed E-state index contributed by atoms with van der Waals surface area (Å²) in [5.41, 5.74) is 0.521. The predicted molar refractivity (Wildman–Crippen MR) is 132 cm³/mol. The molecule has 9 nitrogen and oxygen atoms in total. The Balaban J connectivity index is 1.73. The average molecular weight is 534 g/mol. The van der Waals surface area contributed by atoms with Crippen LogP contribution in [0.3, 0.4) is 0 Å². The lowest BCUT2D eigenvalue weighted by molar-refractivity contribution is -0.907. The molecule has 4 rings (SSSR count). The number of hydrogen-bond donors (Lipinski definition) is 1. The zero-order valence-electron chi connectivity index (χ0n) is 20.1. The molecule has 2 heterocycles. The van der Waals surface area contributed by atoms with Gasteiger partial charge in [-0.1, -0.05) is 41.6 Å². The van der Waals surface area contributed by atoms with Gasteiger partial charge >= 0.3 is 0 Å². The quantitative estimate of drug-likeness (QED) is 0.298. The molecular weight excluding hydrogens is 506 g/mol. The summed E-state index contributed by atoms with van der Waals surface area (Å²) in [5.74, 6) is -2.21. The maximum Gasteiger partial charge on any atom is 0.295 e. The van der Waals surface area contributed by atoms with Gasteiger partial charge in [-0.2, -0.15) is 0 Å². The van der Waals surface area contributed by atoms with Gasteiger partial charge in [0.25, 0.3) is 5.91 Å². The minimum Gasteiger partial charge on any atom is -0.872 e. The number of morpholine rings is 1. The molecular formula is C25H28ClN3O6S. The number of benzene rings is 2. The van der Waals surface area contributed by atoms with Gasteiger partial charge in [0.1, 0.15) is 13.1 Å². The van der Waals surface area contributed by atoms with E-state index in [-0.39, 0.29) is 22.6 Å². The van der Waals surface area contributed by atoms with Crippen molar-refractivity contribution in [2.45, 2.75) is 10.9 Å². The number of halogens is 1. The van der Waals surface area contributed by atoms with Crippen LogP contribution in [0, 0.1) is 0 Å². The molecule has 2 aromatic carbocycles. The van der Waals surface area contributed by atoms with Gasteiger partial charge < -0.3 is 19.6 Å². The fraction of sp³-hybridized carbons (Fsp3) is 0.360. The first-order chi connectivity index (χ1) is 17.1. The Bertz CT molecular complexity index is 1290. The van der Waals surface area contributed by atoms with Crippen LogP contribution in [-0.2, 0) is 24.3 Å². The monoisotopic (exact) mass is 533 g/mol. The van der Waals surface area contributed by atoms with Crippen LogP contribution < -0.4 is 10.0 Å². The highest BCUT2D eigenvalue weighted by atomic mass is 35.5. The van der Waals surface area contributed by atoms with Crippen molar-refractivity contribution in [2.24, 2.45) is 0 Å². The summed E-state index contributed by atoms with van der Waals surface area (Å²) in [7, 11) is -0.858. The van der Waals surface area contributed by atoms with Gasteiger partial charge in [-0.3, -0.25) is 9.59 Å². The first-order valence-corrected chi connectivity index (χ1v) is 13.4. The second-order valence-electron chi connectivity index (χ2n) is 8.95. The van der Waals surface area contributed by atoms with E-state index in [1.807, 2.05) is 0 Å². The molecule has 0 bridgehead atoms. The number of quaternary nitrogens is 1. The van der Waals surface area contributed by atoms with E-state index in [1.165, 1.54) is 48.2 Å². The zero-order chi connectivity index (χ0) is 26.0. The van der Waals surface area contributed by atoms with Gasteiger partial charge in [-0.15, -0.1) is 0 Å². The number of ether oxygens (including phenoxy) is 1. The standard InChI is InChI=1S/C25H28ClN3O6S/c1-27(2)36(33,34)20-8-6-17(7-9-20)23(30)21-22(18-4-3-5-19(26)16-18)29(25(32)24(21)31)11-10-28-12-14-35-15-13-28/h3-9,16,22,30H,10-15H2,1-2H3. The predicted octanol–water partition coefficient (Wildman–Crippen LogP) is -0.271. The number of likely N-dealkylation sites (tertiary alicyclic amines) is 1. The Kier molecular flexibility index (Phi) is 7.82. The SMILES string of the molecule is CN(C)S(=O)(=O)c1ccc(C([O-])=C2C(=O)C(=O)N(CC[NH+]3CCOCC3)C2c2cccc(Cl)c2)cc1. The molecule has 0 saturated carbocycles. The minimum absolute atomic E-state index is 0.0179. The van der Waals surface area contributed by atoms with E-state index in [2.05, 4.69) is 0 Å². The second kappa shape index (κ2) is 10.7. The van der Waals surface area contributed by atoms with Crippen molar-refractivity contribution in [1.82, 2.24) is 9.21 Å². The fourth-order valence-corrected chi connectivity index (χ4v) is 5.56. The largest absolute Gasteiger partial charge is 0.872 e. The first kappa shape index (κ1) is 26.3. The van der Waals surface area contributed by atoms with Crippen molar-refractivity contribution in [2.75, 3.05) is 53.5 Å². The summed E-state index contributed by atoms with van der Waals surface area (Å²) in [6, 6.07) is 11.2. The molecule has 1 N–H and O–H groups in total. The number of carbonyl (C=O) groups excluding carboxylic acids is 2. The topological polar surface area (TPSA) is 111 Å². The van der Waals surface area contributed by atoms with Crippen LogP contribution in [0.15, 0.2) is 59.0 Å². The molecule has 0 aromatic heterocycles. The fourth-order valence-electron chi connectivity index (χ4n) is 4.46. The molecule has 2 aromatic rings. The van der Waals surface area contributed by atoms with Crippen LogP contribution in [0.2, 0.25) is 5.02 Å². The van der Waals surface area contributed by atoms with Crippen molar-refractivity contribution < 1.29 is 32.8 Å². The molecule has 36 heavy (non-hydrogen) atoms. The number of ketones is 1. The Morgan fingerprint density at radius 3 is 2.42 bits per heavy atom. The average Bonchev–Trinajstić information content (AvgIpc) is 3.12. The van der Waals surface area contributed by atoms with E-state index in [1.54, 1.807) is 24.3 Å². The molecule has 1 atom stereocenters. The summed E-state index contributed by atoms with van der Waals surface area (Å²) in [4.78, 5) is 29.0. The second-order valence-corrected chi connectivity index (χ2v) is 11.5. The summed E-state index contributed by atoms with van der Waals surface area (Å²) in [6.45, 7) is 3.77. The number of amides is 1. The smallest absolute Gasteiger partial charge is 0.295 e. The third-order valence-electron chi connectivity index (χ3n) is 6.50. The van der Waals surface area contributed by atoms with Gasteiger partial charge in [0, 0.05) is 24.7 Å². The normalized spacial score (nSPS) is 20.9. The maximum absolute atomic E-state index is 13.6. The van der Waals surface area contributed by atoms with E-state index in [4.69, 9.17) is 16.3 Å². The van der Waals surface area contributed by atoms with Crippen LogP contribution in [0.4, 0.5) is 0 Å². The molecule has 11 heteroatoms. The van der Waals surface area contributed by atoms with Gasteiger partial charge in [0.05, 0.1) is 37.2 Å². The molecule has 2 saturated heterocycles. The third kappa shape index (κ3) is 5.18. The van der Waals surface area contributed by atoms with Gasteiger partial charge in [-0.05, 0) is 35.4 Å². The number of carbonyl (C=O) groups is 2. The number of hydrogen-bond acceptors (Lipinski definition) is 6. The molecule has 0 radical (unpaired) electrons. The Hall–Kier alpha value is -2.76. The van der Waals surface area contributed by atoms with E-state index in [0.29, 0.717) is 30.3 Å². The third-order valence-corrected chi connectivity index (χ3v) is 8.56. The lowest BCUT2D eigenvalue weighted by atomic mass is 9.95. The van der Waals surface area contributed by atoms with E-state index >= 15 is 0 Å². The molecule has 1 unspecified atom stereocenters. The van der Waals surface area contributed by atoms with E-state index < -0.39 is 33.5 Å². The lowest BCUT2D eigenvalue weighted by Crippen LogP contribution is -3.14. The van der Waals surface area contributed by atoms with Crippen molar-refractivity contribution in [3.8, 4) is 0 Å². The van der Waals surface area contributed by atoms with E-state index in [0.717, 1.165) is 17.4 Å². The van der Waals surface area contributed by atoms with Crippen LogP contribution in [0.5, 0.6) is 0 Å². The molecule has 0 aliphatic carbocycles. The highest BCUT2D eigenvalue weighted by Crippen LogP contribution is 2.39. The number of nitrogens with one attached hydrogen (secondary N) is 1. The summed E-state index contributed by atoms with van der Waals surface area (Å²) in [6.07, 6.45) is 0. The zero-order valence-corrected chi connectivity index (χ0v) is 21.6. The Morgan fingerprint density at radius 1 is 1.14 bits per heavy atom. The summed E-state index contributed by atoms with van der Waals surface area (Å²) in [5, 5.41) is 14.0. The first-order valence-electron chi connectivity index (χ1n) is 11.6. The van der Waals surface area contributed by atoms with Crippen molar-refractivity contribution in [3.05, 3.63) is 70.3 Å². The van der Waals surface area contributed by atoms with Crippen molar-refractivity contribution >= 4 is 39.1 Å². The highest BCUT2D eigenvalue weighted by molar-refractivity contribution is 7.89. The van der Waals surface area contributed by atoms with Crippen LogP contribution >= 0.6 is 11.6 Å². The lowest BCUT2D eigenvalue weighted by Gasteiger charge is -2.30. The number of sulfonamides is 1. The Labute approximate surface area is 215 Å². The summed E-state index contributed by atoms with van der Waals surface area (Å²) < 4.78 is 31.2. The molecule has 2 aliphatic rings. The van der Waals surface area contributed by atoms with Crippen LogP contribution in [0.1, 0.15) is 17.2 Å². The number of nitrogens with zero attached hydrogens (tertiary/aromatic N) is 2. The minimum atomic E-state index is -3.68. The number of rotatable bonds is 7. The Morgan fingerprint density at radius 2 is 1.81 bits per heavy atom. The van der Waals surface area contributed by atoms with Gasteiger partial charge in [0.2, 0.25) is 15.8 Å². The maximum atomic E-state index is 13.6. The molecule has 0 spiro atoms. The van der Waals surface area contributed by atoms with Crippen LogP contribution in [0.25, 0.3) is 5.76 Å². The highest BCUT2D eigenvalue weighted by Gasteiger charge is 2.44. The molecule has 1 amide bonds. The number of Topliss-reactive ketones (excluding diaryl/α,β-unsaturated/α-hetero) is 1. The van der Waals surface area contributed by atoms with Gasteiger partial charge in [0.15, 0.2) is 0 Å². The van der Waals surface area contributed by atoms with E-state index in [9.17, 15) is 23.1 Å².